The maximum atomic E-state index is 11.4. The van der Waals surface area contributed by atoms with Crippen LogP contribution in [0.1, 0.15) is 37.8 Å². The van der Waals surface area contributed by atoms with Crippen molar-refractivity contribution in [1.29, 1.82) is 0 Å². The summed E-state index contributed by atoms with van der Waals surface area (Å²) in [5.74, 6) is -1.03. The molecule has 24 heavy (non-hydrogen) atoms. The van der Waals surface area contributed by atoms with Crippen molar-refractivity contribution in [2.24, 2.45) is 5.10 Å². The lowest BCUT2D eigenvalue weighted by Crippen LogP contribution is -2.32. The standard InChI is InChI=1S/C17H19Cl3N2O2/c1-10(18)3-8-15(11(2)19)22-16(9-14(21-22)17(23)24)12-4-6-13(20)7-5-12/h4-7,10,15-16H,2-3,8-9H2,1H3,(H,23,24). The number of carboxylic acid groups (broad SMARTS) is 1. The highest BCUT2D eigenvalue weighted by atomic mass is 35.5. The van der Waals surface area contributed by atoms with Crippen molar-refractivity contribution in [3.05, 3.63) is 46.5 Å². The molecule has 3 atom stereocenters. The predicted octanol–water partition coefficient (Wildman–Crippen LogP) is 5.06. The van der Waals surface area contributed by atoms with Gasteiger partial charge in [0.25, 0.3) is 0 Å². The first-order valence-electron chi connectivity index (χ1n) is 7.62. The molecule has 3 unspecified atom stereocenters. The first-order chi connectivity index (χ1) is 11.3. The minimum absolute atomic E-state index is 0.0111. The van der Waals surface area contributed by atoms with E-state index in [1.165, 1.54) is 0 Å². The lowest BCUT2D eigenvalue weighted by atomic mass is 9.99. The summed E-state index contributed by atoms with van der Waals surface area (Å²) in [6.07, 6.45) is 1.67. The molecule has 0 amide bonds. The van der Waals surface area contributed by atoms with Gasteiger partial charge in [0.05, 0.1) is 12.1 Å². The summed E-state index contributed by atoms with van der Waals surface area (Å²) in [6.45, 7) is 5.74. The minimum atomic E-state index is -1.03. The van der Waals surface area contributed by atoms with Crippen molar-refractivity contribution < 1.29 is 9.90 Å². The van der Waals surface area contributed by atoms with E-state index < -0.39 is 5.97 Å². The Kier molecular flexibility index (Phi) is 6.55. The summed E-state index contributed by atoms with van der Waals surface area (Å²) in [5.41, 5.74) is 1.04. The number of aliphatic carboxylic acids is 1. The van der Waals surface area contributed by atoms with Gasteiger partial charge >= 0.3 is 5.97 Å². The molecule has 0 saturated carbocycles. The van der Waals surface area contributed by atoms with Gasteiger partial charge in [-0.2, -0.15) is 5.10 Å². The van der Waals surface area contributed by atoms with Crippen LogP contribution in [-0.2, 0) is 4.79 Å². The van der Waals surface area contributed by atoms with Gasteiger partial charge in [0.2, 0.25) is 0 Å². The number of hydrazone groups is 1. The Labute approximate surface area is 156 Å². The van der Waals surface area contributed by atoms with Crippen LogP contribution < -0.4 is 0 Å². The molecule has 0 fully saturated rings. The largest absolute Gasteiger partial charge is 0.477 e. The number of halogens is 3. The topological polar surface area (TPSA) is 52.9 Å². The van der Waals surface area contributed by atoms with Gasteiger partial charge in [0.1, 0.15) is 5.71 Å². The number of alkyl halides is 1. The summed E-state index contributed by atoms with van der Waals surface area (Å²) < 4.78 is 0. The van der Waals surface area contributed by atoms with Crippen molar-refractivity contribution in [3.63, 3.8) is 0 Å². The SMILES string of the molecule is C=C(Cl)C(CCC(C)Cl)N1N=C(C(=O)O)CC1c1ccc(Cl)cc1. The van der Waals surface area contributed by atoms with Crippen LogP contribution in [0.25, 0.3) is 0 Å². The van der Waals surface area contributed by atoms with E-state index in [-0.39, 0.29) is 23.2 Å². The minimum Gasteiger partial charge on any atom is -0.477 e. The molecule has 0 aliphatic carbocycles. The Morgan fingerprint density at radius 3 is 2.54 bits per heavy atom. The highest BCUT2D eigenvalue weighted by Crippen LogP contribution is 2.37. The van der Waals surface area contributed by atoms with E-state index in [1.807, 2.05) is 19.1 Å². The fourth-order valence-electron chi connectivity index (χ4n) is 2.72. The number of benzene rings is 1. The predicted molar refractivity (Wildman–Crippen MR) is 99.0 cm³/mol. The van der Waals surface area contributed by atoms with Crippen molar-refractivity contribution >= 4 is 46.5 Å². The van der Waals surface area contributed by atoms with E-state index in [1.54, 1.807) is 17.1 Å². The Hall–Kier alpha value is -1.23. The van der Waals surface area contributed by atoms with E-state index in [0.717, 1.165) is 12.0 Å². The first-order valence-corrected chi connectivity index (χ1v) is 8.81. The Balaban J connectivity index is 2.33. The molecule has 1 heterocycles. The van der Waals surface area contributed by atoms with Gasteiger partial charge < -0.3 is 5.11 Å². The molecule has 1 N–H and O–H groups in total. The second-order valence-corrected chi connectivity index (χ2v) is 7.49. The molecule has 4 nitrogen and oxygen atoms in total. The third-order valence-corrected chi connectivity index (χ3v) is 4.68. The van der Waals surface area contributed by atoms with E-state index in [2.05, 4.69) is 11.7 Å². The summed E-state index contributed by atoms with van der Waals surface area (Å²) in [4.78, 5) is 11.4. The second-order valence-electron chi connectivity index (χ2n) is 5.82. The number of hydrogen-bond donors (Lipinski definition) is 1. The van der Waals surface area contributed by atoms with Crippen LogP contribution >= 0.6 is 34.8 Å². The molecule has 0 spiro atoms. The molecule has 0 saturated heterocycles. The maximum Gasteiger partial charge on any atom is 0.352 e. The summed E-state index contributed by atoms with van der Waals surface area (Å²) in [5, 5.41) is 16.4. The van der Waals surface area contributed by atoms with Gasteiger partial charge in [-0.15, -0.1) is 11.6 Å². The van der Waals surface area contributed by atoms with Gasteiger partial charge in [0, 0.05) is 21.9 Å². The highest BCUT2D eigenvalue weighted by Gasteiger charge is 2.36. The monoisotopic (exact) mass is 388 g/mol. The Bertz CT molecular complexity index is 644. The highest BCUT2D eigenvalue weighted by molar-refractivity contribution is 6.36. The molecule has 1 aromatic rings. The fraction of sp³-hybridized carbons (Fsp3) is 0.412. The zero-order chi connectivity index (χ0) is 17.9. The Morgan fingerprint density at radius 1 is 1.42 bits per heavy atom. The van der Waals surface area contributed by atoms with Crippen LogP contribution in [0.4, 0.5) is 0 Å². The van der Waals surface area contributed by atoms with Crippen LogP contribution in [-0.4, -0.2) is 33.2 Å². The lowest BCUT2D eigenvalue weighted by Gasteiger charge is -2.32. The first kappa shape index (κ1) is 19.1. The zero-order valence-corrected chi connectivity index (χ0v) is 15.5. The summed E-state index contributed by atoms with van der Waals surface area (Å²) >= 11 is 18.2. The summed E-state index contributed by atoms with van der Waals surface area (Å²) in [6, 6.07) is 6.79. The fourth-order valence-corrected chi connectivity index (χ4v) is 3.18. The molecule has 1 aromatic carbocycles. The second kappa shape index (κ2) is 8.24. The third kappa shape index (κ3) is 4.65. The quantitative estimate of drug-likeness (QED) is 0.663. The number of carboxylic acids is 1. The van der Waals surface area contributed by atoms with Crippen LogP contribution in [0, 0.1) is 0 Å². The third-order valence-electron chi connectivity index (χ3n) is 3.96. The number of nitrogens with zero attached hydrogens (tertiary/aromatic N) is 2. The molecule has 0 bridgehead atoms. The van der Waals surface area contributed by atoms with Crippen LogP contribution in [0.15, 0.2) is 41.0 Å². The number of rotatable bonds is 7. The van der Waals surface area contributed by atoms with E-state index >= 15 is 0 Å². The lowest BCUT2D eigenvalue weighted by molar-refractivity contribution is -0.129. The van der Waals surface area contributed by atoms with Crippen LogP contribution in [0.5, 0.6) is 0 Å². The van der Waals surface area contributed by atoms with E-state index in [0.29, 0.717) is 22.9 Å². The average molecular weight is 390 g/mol. The molecule has 130 valence electrons. The van der Waals surface area contributed by atoms with Crippen LogP contribution in [0.2, 0.25) is 5.02 Å². The summed E-state index contributed by atoms with van der Waals surface area (Å²) in [7, 11) is 0. The van der Waals surface area contributed by atoms with Crippen LogP contribution in [0.3, 0.4) is 0 Å². The van der Waals surface area contributed by atoms with Gasteiger partial charge in [0.15, 0.2) is 0 Å². The molecule has 0 aromatic heterocycles. The van der Waals surface area contributed by atoms with Crippen molar-refractivity contribution in [2.45, 2.75) is 43.6 Å². The number of hydrogen-bond acceptors (Lipinski definition) is 3. The smallest absolute Gasteiger partial charge is 0.352 e. The van der Waals surface area contributed by atoms with Gasteiger partial charge in [-0.25, -0.2) is 4.79 Å². The zero-order valence-electron chi connectivity index (χ0n) is 13.3. The van der Waals surface area contributed by atoms with Gasteiger partial charge in [-0.1, -0.05) is 41.9 Å². The average Bonchev–Trinajstić information content (AvgIpc) is 2.93. The normalized spacial score (nSPS) is 19.8. The molecule has 2 rings (SSSR count). The van der Waals surface area contributed by atoms with Crippen molar-refractivity contribution in [2.75, 3.05) is 0 Å². The van der Waals surface area contributed by atoms with E-state index in [4.69, 9.17) is 34.8 Å². The molecule has 7 heteroatoms. The Morgan fingerprint density at radius 2 is 2.04 bits per heavy atom. The van der Waals surface area contributed by atoms with Gasteiger partial charge in [-0.05, 0) is 37.5 Å². The van der Waals surface area contributed by atoms with Crippen molar-refractivity contribution in [3.8, 4) is 0 Å². The molecule has 1 aliphatic heterocycles. The molecule has 1 aliphatic rings. The molecular weight excluding hydrogens is 371 g/mol. The maximum absolute atomic E-state index is 11.4. The molecular formula is C17H19Cl3N2O2. The van der Waals surface area contributed by atoms with Crippen molar-refractivity contribution in [1.82, 2.24) is 5.01 Å². The van der Waals surface area contributed by atoms with Gasteiger partial charge in [-0.3, -0.25) is 5.01 Å². The van der Waals surface area contributed by atoms with E-state index in [9.17, 15) is 9.90 Å². The molecule has 0 radical (unpaired) electrons. The number of carbonyl (C=O) groups is 1.